The van der Waals surface area contributed by atoms with Crippen LogP contribution in [0.5, 0.6) is 0 Å². The van der Waals surface area contributed by atoms with Gasteiger partial charge in [0.05, 0.1) is 0 Å². The van der Waals surface area contributed by atoms with Gasteiger partial charge in [0.2, 0.25) is 0 Å². The van der Waals surface area contributed by atoms with Gasteiger partial charge in [-0.05, 0) is 93.2 Å². The maximum atomic E-state index is 9.75. The van der Waals surface area contributed by atoms with Crippen molar-refractivity contribution in [2.24, 2.45) is 11.8 Å². The van der Waals surface area contributed by atoms with E-state index in [9.17, 15) is 17.3 Å². The molecule has 0 unspecified atom stereocenters. The summed E-state index contributed by atoms with van der Waals surface area (Å²) in [6, 6.07) is 0. The Morgan fingerprint density at radius 3 is 0.840 bits per heavy atom. The van der Waals surface area contributed by atoms with Crippen LogP contribution in [0.1, 0.15) is 39.8 Å². The summed E-state index contributed by atoms with van der Waals surface area (Å²) in [5.41, 5.74) is 8.73. The molecule has 0 saturated heterocycles. The van der Waals surface area contributed by atoms with E-state index >= 15 is 0 Å². The molecule has 6 heteroatoms. The Morgan fingerprint density at radius 1 is 0.600 bits per heavy atom. The summed E-state index contributed by atoms with van der Waals surface area (Å²) in [4.78, 5) is 0. The van der Waals surface area contributed by atoms with Crippen LogP contribution >= 0.6 is 0 Å². The summed E-state index contributed by atoms with van der Waals surface area (Å²) in [7, 11) is -6.00. The van der Waals surface area contributed by atoms with E-state index < -0.39 is 7.25 Å². The van der Waals surface area contributed by atoms with E-state index in [2.05, 4.69) is 65.8 Å². The third-order valence-electron chi connectivity index (χ3n) is 5.13. The average molecular weight is 444 g/mol. The molecule has 0 aliphatic heterocycles. The molecular formula is C19H26BF4Rh-. The zero-order chi connectivity index (χ0) is 18.7. The summed E-state index contributed by atoms with van der Waals surface area (Å²) >= 11 is 0. The molecule has 143 valence electrons. The molecule has 0 fully saturated rings. The maximum Gasteiger partial charge on any atom is 0.673 e. The smallest absolute Gasteiger partial charge is 0.418 e. The molecule has 0 saturated carbocycles. The van der Waals surface area contributed by atoms with Crippen LogP contribution in [0.3, 0.4) is 0 Å². The summed E-state index contributed by atoms with van der Waals surface area (Å²) in [6.07, 6.45) is 10.5. The minimum atomic E-state index is -6.00. The van der Waals surface area contributed by atoms with Crippen molar-refractivity contribution in [2.45, 2.75) is 48.0 Å². The molecule has 3 rings (SSSR count). The van der Waals surface area contributed by atoms with Gasteiger partial charge in [-0.3, -0.25) is 0 Å². The van der Waals surface area contributed by atoms with Crippen LogP contribution in [0.15, 0.2) is 24.3 Å². The molecule has 25 heavy (non-hydrogen) atoms. The largest absolute Gasteiger partial charge is 0.673 e. The van der Waals surface area contributed by atoms with Crippen molar-refractivity contribution in [3.63, 3.8) is 0 Å². The van der Waals surface area contributed by atoms with Gasteiger partial charge >= 0.3 is 7.25 Å². The second-order valence-electron chi connectivity index (χ2n) is 6.58. The van der Waals surface area contributed by atoms with Crippen molar-refractivity contribution in [3.05, 3.63) is 57.7 Å². The summed E-state index contributed by atoms with van der Waals surface area (Å²) < 4.78 is 39.0. The van der Waals surface area contributed by atoms with Crippen molar-refractivity contribution >= 4 is 7.25 Å². The first kappa shape index (κ1) is 24.1. The molecule has 2 aliphatic carbocycles. The zero-order valence-electron chi connectivity index (χ0n) is 15.6. The van der Waals surface area contributed by atoms with Gasteiger partial charge < -0.3 is 17.3 Å². The normalized spacial score (nSPS) is 19.6. The third kappa shape index (κ3) is 7.48. The number of rotatable bonds is 0. The molecule has 1 radical (unpaired) electrons. The van der Waals surface area contributed by atoms with Gasteiger partial charge in [-0.15, -0.1) is 0 Å². The fourth-order valence-corrected chi connectivity index (χ4v) is 3.02. The van der Waals surface area contributed by atoms with Gasteiger partial charge in [-0.1, -0.05) is 24.3 Å². The van der Waals surface area contributed by atoms with Crippen LogP contribution in [-0.4, -0.2) is 7.25 Å². The Bertz CT molecular complexity index is 509. The molecule has 0 aromatic heterocycles. The Labute approximate surface area is 161 Å². The van der Waals surface area contributed by atoms with Gasteiger partial charge in [0, 0.05) is 19.5 Å². The van der Waals surface area contributed by atoms with Gasteiger partial charge in [0.1, 0.15) is 0 Å². The summed E-state index contributed by atoms with van der Waals surface area (Å²) in [6.45, 7) is 13.3. The van der Waals surface area contributed by atoms with E-state index in [-0.39, 0.29) is 19.5 Å². The molecule has 0 amide bonds. The predicted octanol–water partition coefficient (Wildman–Crippen LogP) is 6.58. The number of fused-ring (bicyclic) bond motifs is 2. The molecule has 1 aromatic carbocycles. The van der Waals surface area contributed by atoms with Crippen LogP contribution in [0.4, 0.5) is 17.3 Å². The second-order valence-corrected chi connectivity index (χ2v) is 6.58. The average Bonchev–Trinajstić information content (AvgIpc) is 3.13. The SMILES string of the molecule is C1=CC2C=CC1C2.Cc1c(C)c(C)c(C)c(C)c1C.F[B-](F)(F)F.[Rh]. The first-order chi connectivity index (χ1) is 10.9. The van der Waals surface area contributed by atoms with E-state index in [1.807, 2.05) is 0 Å². The van der Waals surface area contributed by atoms with E-state index in [1.165, 1.54) is 39.8 Å². The molecule has 0 nitrogen and oxygen atoms in total. The quantitative estimate of drug-likeness (QED) is 0.241. The third-order valence-corrected chi connectivity index (χ3v) is 5.13. The first-order valence-electron chi connectivity index (χ1n) is 8.19. The molecule has 0 spiro atoms. The minimum absolute atomic E-state index is 0. The maximum absolute atomic E-state index is 9.75. The minimum Gasteiger partial charge on any atom is -0.418 e. The number of allylic oxidation sites excluding steroid dienone is 4. The number of halogens is 4. The second kappa shape index (κ2) is 9.71. The van der Waals surface area contributed by atoms with Gasteiger partial charge in [-0.2, -0.15) is 0 Å². The monoisotopic (exact) mass is 444 g/mol. The van der Waals surface area contributed by atoms with Crippen LogP contribution < -0.4 is 0 Å². The van der Waals surface area contributed by atoms with Crippen molar-refractivity contribution in [3.8, 4) is 0 Å². The Morgan fingerprint density at radius 2 is 0.760 bits per heavy atom. The van der Waals surface area contributed by atoms with E-state index in [1.54, 1.807) is 0 Å². The Hall–Kier alpha value is -0.892. The van der Waals surface area contributed by atoms with Crippen LogP contribution in [0, 0.1) is 53.4 Å². The standard InChI is InChI=1S/C12H18.C7H8.BF4.Rh/c1-7-8(2)10(4)12(6)11(5)9(7)3;1-2-7-4-3-6(1)5-7;2-1(3,4)5;/h1-6H3;1-4,6-7H,5H2;;/q;;-1;. The molecule has 0 heterocycles. The molecule has 0 atom stereocenters. The van der Waals surface area contributed by atoms with Crippen LogP contribution in [0.2, 0.25) is 0 Å². The van der Waals surface area contributed by atoms with Crippen molar-refractivity contribution in [2.75, 3.05) is 0 Å². The van der Waals surface area contributed by atoms with Crippen LogP contribution in [-0.2, 0) is 19.5 Å². The number of hydrogen-bond donors (Lipinski definition) is 0. The molecule has 0 N–H and O–H groups in total. The summed E-state index contributed by atoms with van der Waals surface area (Å²) in [5.74, 6) is 1.62. The van der Waals surface area contributed by atoms with E-state index in [4.69, 9.17) is 0 Å². The van der Waals surface area contributed by atoms with Crippen molar-refractivity contribution in [1.29, 1.82) is 0 Å². The molecular weight excluding hydrogens is 418 g/mol. The fourth-order valence-electron chi connectivity index (χ4n) is 3.02. The van der Waals surface area contributed by atoms with Gasteiger partial charge in [-0.25, -0.2) is 0 Å². The number of hydrogen-bond acceptors (Lipinski definition) is 0. The molecule has 2 bridgehead atoms. The molecule has 2 aliphatic rings. The topological polar surface area (TPSA) is 0 Å². The summed E-state index contributed by atoms with van der Waals surface area (Å²) in [5, 5.41) is 0. The van der Waals surface area contributed by atoms with E-state index in [0.29, 0.717) is 0 Å². The zero-order valence-corrected chi connectivity index (χ0v) is 17.2. The van der Waals surface area contributed by atoms with Gasteiger partial charge in [0.15, 0.2) is 0 Å². The van der Waals surface area contributed by atoms with E-state index in [0.717, 1.165) is 11.8 Å². The van der Waals surface area contributed by atoms with Crippen molar-refractivity contribution in [1.82, 2.24) is 0 Å². The number of benzene rings is 1. The predicted molar refractivity (Wildman–Crippen MR) is 94.9 cm³/mol. The van der Waals surface area contributed by atoms with Crippen molar-refractivity contribution < 1.29 is 36.7 Å². The Balaban J connectivity index is 0.000000376. The van der Waals surface area contributed by atoms with Gasteiger partial charge in [0.25, 0.3) is 0 Å². The first-order valence-corrected chi connectivity index (χ1v) is 8.19. The molecule has 1 aromatic rings. The van der Waals surface area contributed by atoms with Crippen LogP contribution in [0.25, 0.3) is 0 Å². The fraction of sp³-hybridized carbons (Fsp3) is 0.474. The Kier molecular flexibility index (Phi) is 9.36.